The summed E-state index contributed by atoms with van der Waals surface area (Å²) >= 11 is 0. The van der Waals surface area contributed by atoms with Crippen LogP contribution in [-0.4, -0.2) is 15.8 Å². The van der Waals surface area contributed by atoms with Crippen molar-refractivity contribution in [3.05, 3.63) is 158 Å². The van der Waals surface area contributed by atoms with Gasteiger partial charge in [-0.2, -0.15) is 0 Å². The molecule has 2 aliphatic heterocycles. The molecule has 0 amide bonds. The van der Waals surface area contributed by atoms with Crippen LogP contribution in [-0.2, 0) is 0 Å². The predicted octanol–water partition coefficient (Wildman–Crippen LogP) is 8.49. The summed E-state index contributed by atoms with van der Waals surface area (Å²) in [5.41, 5.74) is 15.2. The molecule has 0 saturated carbocycles. The number of nitrogens with zero attached hydrogens (tertiary/aromatic N) is 3. The Morgan fingerprint density at radius 3 is 1.70 bits per heavy atom. The van der Waals surface area contributed by atoms with E-state index in [-0.39, 0.29) is 6.71 Å². The molecule has 0 saturated heterocycles. The first-order valence-corrected chi connectivity index (χ1v) is 16.0. The van der Waals surface area contributed by atoms with Gasteiger partial charge >= 0.3 is 0 Å². The summed E-state index contributed by atoms with van der Waals surface area (Å²) in [5, 5.41) is 5.17. The van der Waals surface area contributed by atoms with Crippen molar-refractivity contribution in [1.29, 1.82) is 0 Å². The Morgan fingerprint density at radius 2 is 0.957 bits per heavy atom. The van der Waals surface area contributed by atoms with Gasteiger partial charge in [-0.25, -0.2) is 0 Å². The van der Waals surface area contributed by atoms with Gasteiger partial charge in [0.2, 0.25) is 0 Å². The van der Waals surface area contributed by atoms with Gasteiger partial charge in [0.05, 0.1) is 16.6 Å². The molecule has 0 radical (unpaired) electrons. The average Bonchev–Trinajstić information content (AvgIpc) is 3.64. The minimum atomic E-state index is 0.0923. The summed E-state index contributed by atoms with van der Waals surface area (Å²) in [7, 11) is 0. The first-order chi connectivity index (χ1) is 22.9. The van der Waals surface area contributed by atoms with Crippen molar-refractivity contribution in [2.45, 2.75) is 0 Å². The van der Waals surface area contributed by atoms with E-state index in [4.69, 9.17) is 0 Å². The van der Waals surface area contributed by atoms with Crippen LogP contribution in [0.25, 0.3) is 55.0 Å². The fraction of sp³-hybridized carbons (Fsp3) is 0. The number of aromatic nitrogens is 2. The second kappa shape index (κ2) is 8.80. The van der Waals surface area contributed by atoms with E-state index in [9.17, 15) is 0 Å². The standard InChI is InChI=1S/C42H26BN3/c1-2-12-27(13-3-1)44-38-25-24-28(45-35-19-7-4-14-29(35)30-15-5-8-20-36(30)45)26-34(38)43-33-18-10-17-32-31-16-6-9-21-37(31)46(42(32)33)40-23-11-22-39(44)41(40)43/h1-26H. The molecule has 0 spiro atoms. The van der Waals surface area contributed by atoms with Crippen LogP contribution in [0.3, 0.4) is 0 Å². The lowest BCUT2D eigenvalue weighted by Crippen LogP contribution is -2.60. The highest BCUT2D eigenvalue weighted by atomic mass is 15.2. The second-order valence-electron chi connectivity index (χ2n) is 12.5. The number of benzene rings is 7. The van der Waals surface area contributed by atoms with Gasteiger partial charge in [-0.3, -0.25) is 0 Å². The smallest absolute Gasteiger partial charge is 0.252 e. The topological polar surface area (TPSA) is 13.1 Å². The fourth-order valence-electron chi connectivity index (χ4n) is 8.54. The first kappa shape index (κ1) is 24.3. The SMILES string of the molecule is c1ccc(N2c3ccc(-n4c5ccccc5c5ccccc54)cc3B3c4c2cccc4-n2c4ccccc4c4cccc3c42)cc1. The van der Waals surface area contributed by atoms with Gasteiger partial charge < -0.3 is 14.0 Å². The first-order valence-electron chi connectivity index (χ1n) is 16.0. The molecule has 3 nitrogen and oxygen atoms in total. The van der Waals surface area contributed by atoms with Crippen molar-refractivity contribution in [3.63, 3.8) is 0 Å². The quantitative estimate of drug-likeness (QED) is 0.186. The zero-order valence-corrected chi connectivity index (χ0v) is 24.9. The Balaban J connectivity index is 1.28. The lowest BCUT2D eigenvalue weighted by molar-refractivity contribution is 1.16. The van der Waals surface area contributed by atoms with Crippen LogP contribution in [0.5, 0.6) is 0 Å². The van der Waals surface area contributed by atoms with Crippen molar-refractivity contribution in [1.82, 2.24) is 9.13 Å². The third-order valence-corrected chi connectivity index (χ3v) is 10.3. The van der Waals surface area contributed by atoms with Gasteiger partial charge in [0.15, 0.2) is 0 Å². The highest BCUT2D eigenvalue weighted by Crippen LogP contribution is 2.42. The molecule has 11 rings (SSSR count). The number of para-hydroxylation sites is 5. The Morgan fingerprint density at radius 1 is 0.370 bits per heavy atom. The number of anilines is 3. The van der Waals surface area contributed by atoms with Gasteiger partial charge in [0, 0.05) is 55.5 Å². The lowest BCUT2D eigenvalue weighted by Gasteiger charge is -2.40. The second-order valence-corrected chi connectivity index (χ2v) is 12.5. The average molecular weight is 584 g/mol. The van der Waals surface area contributed by atoms with E-state index >= 15 is 0 Å². The minimum absolute atomic E-state index is 0.0923. The highest BCUT2D eigenvalue weighted by Gasteiger charge is 2.42. The van der Waals surface area contributed by atoms with Crippen LogP contribution in [0.1, 0.15) is 0 Å². The van der Waals surface area contributed by atoms with Crippen LogP contribution in [0.2, 0.25) is 0 Å². The van der Waals surface area contributed by atoms with Crippen molar-refractivity contribution in [3.8, 4) is 11.4 Å². The number of hydrogen-bond donors (Lipinski definition) is 0. The van der Waals surface area contributed by atoms with E-state index in [0.29, 0.717) is 0 Å². The van der Waals surface area contributed by atoms with Gasteiger partial charge in [0.1, 0.15) is 0 Å². The maximum Gasteiger partial charge on any atom is 0.252 e. The van der Waals surface area contributed by atoms with E-state index in [1.807, 2.05) is 0 Å². The summed E-state index contributed by atoms with van der Waals surface area (Å²) < 4.78 is 4.96. The summed E-state index contributed by atoms with van der Waals surface area (Å²) in [6.07, 6.45) is 0. The lowest BCUT2D eigenvalue weighted by atomic mass is 9.34. The number of fused-ring (bicyclic) bond motifs is 10. The molecule has 0 unspecified atom stereocenters. The van der Waals surface area contributed by atoms with Crippen molar-refractivity contribution in [2.75, 3.05) is 4.90 Å². The number of hydrogen-bond acceptors (Lipinski definition) is 1. The molecule has 212 valence electrons. The van der Waals surface area contributed by atoms with Gasteiger partial charge in [-0.15, -0.1) is 0 Å². The van der Waals surface area contributed by atoms with Crippen molar-refractivity contribution < 1.29 is 0 Å². The Hall–Kier alpha value is -6.00. The molecule has 7 aromatic carbocycles. The molecule has 46 heavy (non-hydrogen) atoms. The molecule has 4 heteroatoms. The Labute approximate surface area is 266 Å². The van der Waals surface area contributed by atoms with E-state index in [1.54, 1.807) is 0 Å². The zero-order chi connectivity index (χ0) is 29.9. The predicted molar refractivity (Wildman–Crippen MR) is 194 cm³/mol. The van der Waals surface area contributed by atoms with Crippen molar-refractivity contribution >= 4 is 83.8 Å². The van der Waals surface area contributed by atoms with E-state index in [1.165, 1.54) is 88.4 Å². The summed E-state index contributed by atoms with van der Waals surface area (Å²) in [6, 6.07) is 58.1. The van der Waals surface area contributed by atoms with Crippen LogP contribution in [0.4, 0.5) is 17.1 Å². The van der Waals surface area contributed by atoms with E-state index in [2.05, 4.69) is 172 Å². The van der Waals surface area contributed by atoms with E-state index < -0.39 is 0 Å². The molecular weight excluding hydrogens is 557 g/mol. The number of rotatable bonds is 2. The Kier molecular flexibility index (Phi) is 4.66. The van der Waals surface area contributed by atoms with Gasteiger partial charge in [-0.05, 0) is 77.1 Å². The third-order valence-electron chi connectivity index (χ3n) is 10.3. The van der Waals surface area contributed by atoms with Crippen molar-refractivity contribution in [2.24, 2.45) is 0 Å². The third kappa shape index (κ3) is 2.99. The molecule has 2 aliphatic rings. The summed E-state index contributed by atoms with van der Waals surface area (Å²) in [5.74, 6) is 0. The van der Waals surface area contributed by atoms with Crippen LogP contribution in [0.15, 0.2) is 158 Å². The molecule has 4 heterocycles. The van der Waals surface area contributed by atoms with Gasteiger partial charge in [0.25, 0.3) is 6.71 Å². The maximum atomic E-state index is 2.51. The van der Waals surface area contributed by atoms with Crippen LogP contribution >= 0.6 is 0 Å². The van der Waals surface area contributed by atoms with Crippen LogP contribution < -0.4 is 21.3 Å². The molecule has 0 bridgehead atoms. The highest BCUT2D eigenvalue weighted by molar-refractivity contribution is 7.00. The monoisotopic (exact) mass is 583 g/mol. The normalized spacial score (nSPS) is 13.1. The molecule has 9 aromatic rings. The Bertz CT molecular complexity index is 2660. The molecule has 0 aliphatic carbocycles. The molecule has 2 aromatic heterocycles. The molecule has 0 atom stereocenters. The fourth-order valence-corrected chi connectivity index (χ4v) is 8.54. The molecule has 0 N–H and O–H groups in total. The molecule has 0 fully saturated rings. The molecular formula is C42H26BN3. The van der Waals surface area contributed by atoms with E-state index in [0.717, 1.165) is 0 Å². The zero-order valence-electron chi connectivity index (χ0n) is 24.9. The van der Waals surface area contributed by atoms with Gasteiger partial charge in [-0.1, -0.05) is 97.1 Å². The minimum Gasteiger partial charge on any atom is -0.311 e. The summed E-state index contributed by atoms with van der Waals surface area (Å²) in [6.45, 7) is 0.0923. The largest absolute Gasteiger partial charge is 0.311 e. The maximum absolute atomic E-state index is 2.51. The summed E-state index contributed by atoms with van der Waals surface area (Å²) in [4.78, 5) is 2.47. The van der Waals surface area contributed by atoms with Crippen LogP contribution in [0, 0.1) is 0 Å².